The molecular formula is C20H25BrClN5O4S. The largest absolute Gasteiger partial charge is 0.382 e. The van der Waals surface area contributed by atoms with Crippen LogP contribution in [0.5, 0.6) is 0 Å². The molecule has 2 saturated heterocycles. The molecule has 1 atom stereocenters. The fourth-order valence-electron chi connectivity index (χ4n) is 4.03. The lowest BCUT2D eigenvalue weighted by molar-refractivity contribution is 0.0595. The highest BCUT2D eigenvalue weighted by Gasteiger charge is 2.32. The Labute approximate surface area is 200 Å². The summed E-state index contributed by atoms with van der Waals surface area (Å²) in [5.74, 6) is 0.383. The van der Waals surface area contributed by atoms with Gasteiger partial charge in [-0.15, -0.1) is 0 Å². The van der Waals surface area contributed by atoms with Crippen molar-refractivity contribution in [2.75, 3.05) is 38.2 Å². The summed E-state index contributed by atoms with van der Waals surface area (Å²) in [6.45, 7) is 2.72. The van der Waals surface area contributed by atoms with E-state index in [4.69, 9.17) is 16.3 Å². The molecule has 4 rings (SSSR count). The topological polar surface area (TPSA) is 106 Å². The fourth-order valence-corrected chi connectivity index (χ4v) is 5.84. The normalized spacial score (nSPS) is 20.9. The minimum atomic E-state index is -3.68. The van der Waals surface area contributed by atoms with E-state index in [-0.39, 0.29) is 34.7 Å². The van der Waals surface area contributed by atoms with E-state index in [1.165, 1.54) is 21.3 Å². The number of sulfonamides is 1. The molecule has 2 aromatic rings. The minimum Gasteiger partial charge on any atom is -0.382 e. The third kappa shape index (κ3) is 5.17. The predicted octanol–water partition coefficient (Wildman–Crippen LogP) is 2.92. The zero-order chi connectivity index (χ0) is 22.7. The molecule has 174 valence electrons. The molecule has 0 bridgehead atoms. The molecule has 0 spiro atoms. The van der Waals surface area contributed by atoms with Gasteiger partial charge in [-0.25, -0.2) is 18.1 Å². The number of pyridine rings is 1. The first kappa shape index (κ1) is 23.6. The SMILES string of the molecule is O=c1c(Cl)c(NC[C@@H]2CCCOC2)cnn1C1CCN(S(=O)(=O)c2ccc(Br)cn2)CC1. The molecule has 0 amide bonds. The molecule has 2 fully saturated rings. The number of hydrogen-bond acceptors (Lipinski definition) is 7. The van der Waals surface area contributed by atoms with Gasteiger partial charge in [0.15, 0.2) is 5.03 Å². The number of nitrogens with zero attached hydrogens (tertiary/aromatic N) is 4. The quantitative estimate of drug-likeness (QED) is 0.594. The Morgan fingerprint density at radius 1 is 1.22 bits per heavy atom. The molecular weight excluding hydrogens is 522 g/mol. The maximum absolute atomic E-state index is 12.8. The van der Waals surface area contributed by atoms with Gasteiger partial charge >= 0.3 is 0 Å². The Morgan fingerprint density at radius 3 is 2.66 bits per heavy atom. The maximum Gasteiger partial charge on any atom is 0.287 e. The summed E-state index contributed by atoms with van der Waals surface area (Å²) in [4.78, 5) is 16.8. The zero-order valence-corrected chi connectivity index (χ0v) is 20.6. The van der Waals surface area contributed by atoms with E-state index in [1.54, 1.807) is 12.3 Å². The van der Waals surface area contributed by atoms with Crippen LogP contribution in [0.4, 0.5) is 5.69 Å². The molecule has 0 unspecified atom stereocenters. The molecule has 9 nitrogen and oxygen atoms in total. The molecule has 1 N–H and O–H groups in total. The van der Waals surface area contributed by atoms with E-state index in [0.29, 0.717) is 42.1 Å². The van der Waals surface area contributed by atoms with Gasteiger partial charge in [0.1, 0.15) is 5.02 Å². The average Bonchev–Trinajstić information content (AvgIpc) is 2.81. The first-order chi connectivity index (χ1) is 15.4. The van der Waals surface area contributed by atoms with Gasteiger partial charge in [0.05, 0.1) is 24.5 Å². The molecule has 12 heteroatoms. The second kappa shape index (κ2) is 10.2. The van der Waals surface area contributed by atoms with Crippen LogP contribution in [0, 0.1) is 5.92 Å². The van der Waals surface area contributed by atoms with Gasteiger partial charge < -0.3 is 10.1 Å². The Hall–Kier alpha value is -1.53. The molecule has 2 aliphatic heterocycles. The van der Waals surface area contributed by atoms with E-state index in [0.717, 1.165) is 19.4 Å². The monoisotopic (exact) mass is 545 g/mol. The molecule has 32 heavy (non-hydrogen) atoms. The van der Waals surface area contributed by atoms with Crippen LogP contribution in [0.2, 0.25) is 5.02 Å². The van der Waals surface area contributed by atoms with Crippen molar-refractivity contribution in [3.63, 3.8) is 0 Å². The first-order valence-corrected chi connectivity index (χ1v) is 13.2. The van der Waals surface area contributed by atoms with E-state index in [2.05, 4.69) is 31.3 Å². The number of anilines is 1. The van der Waals surface area contributed by atoms with Crippen LogP contribution in [0.1, 0.15) is 31.7 Å². The van der Waals surface area contributed by atoms with Gasteiger partial charge in [-0.05, 0) is 59.7 Å². The Morgan fingerprint density at radius 2 is 2.00 bits per heavy atom. The lowest BCUT2D eigenvalue weighted by Crippen LogP contribution is -2.41. The third-order valence-electron chi connectivity index (χ3n) is 5.85. The van der Waals surface area contributed by atoms with E-state index in [1.807, 2.05) is 0 Å². The zero-order valence-electron chi connectivity index (χ0n) is 17.4. The molecule has 0 saturated carbocycles. The van der Waals surface area contributed by atoms with Crippen molar-refractivity contribution in [3.8, 4) is 0 Å². The van der Waals surface area contributed by atoms with E-state index >= 15 is 0 Å². The summed E-state index contributed by atoms with van der Waals surface area (Å²) in [7, 11) is -3.68. The fraction of sp³-hybridized carbons (Fsp3) is 0.550. The summed E-state index contributed by atoms with van der Waals surface area (Å²) in [6.07, 6.45) is 6.07. The van der Waals surface area contributed by atoms with Crippen molar-refractivity contribution in [2.24, 2.45) is 5.92 Å². The number of ether oxygens (including phenoxy) is 1. The number of aromatic nitrogens is 3. The van der Waals surface area contributed by atoms with Crippen LogP contribution in [0.3, 0.4) is 0 Å². The second-order valence-electron chi connectivity index (χ2n) is 8.04. The van der Waals surface area contributed by atoms with Crippen molar-refractivity contribution < 1.29 is 13.2 Å². The number of piperidine rings is 1. The number of nitrogens with one attached hydrogen (secondary N) is 1. The lowest BCUT2D eigenvalue weighted by atomic mass is 10.0. The Bertz CT molecular complexity index is 1100. The average molecular weight is 547 g/mol. The summed E-state index contributed by atoms with van der Waals surface area (Å²) < 4.78 is 34.6. The Balaban J connectivity index is 1.40. The summed E-state index contributed by atoms with van der Waals surface area (Å²) in [6, 6.07) is 2.91. The van der Waals surface area contributed by atoms with Crippen molar-refractivity contribution in [2.45, 2.75) is 36.8 Å². The molecule has 2 aliphatic rings. The molecule has 2 aromatic heterocycles. The number of hydrogen-bond donors (Lipinski definition) is 1. The van der Waals surface area contributed by atoms with Crippen LogP contribution in [0.25, 0.3) is 0 Å². The molecule has 0 radical (unpaired) electrons. The van der Waals surface area contributed by atoms with Gasteiger partial charge in [-0.1, -0.05) is 11.6 Å². The number of halogens is 2. The van der Waals surface area contributed by atoms with E-state index < -0.39 is 10.0 Å². The van der Waals surface area contributed by atoms with Crippen LogP contribution < -0.4 is 10.9 Å². The van der Waals surface area contributed by atoms with Crippen LogP contribution in [-0.4, -0.2) is 60.3 Å². The van der Waals surface area contributed by atoms with Gasteiger partial charge in [-0.3, -0.25) is 4.79 Å². The summed E-state index contributed by atoms with van der Waals surface area (Å²) in [5.41, 5.74) is 0.146. The standard InChI is InChI=1S/C20H25BrClN5O4S/c21-15-3-4-18(24-11-15)32(29,30)26-7-5-16(6-8-26)27-20(28)19(22)17(12-25-27)23-10-14-2-1-9-31-13-14/h3-4,11-12,14,16,23H,1-2,5-10,13H2/t14-/m0/s1. The van der Waals surface area contributed by atoms with Gasteiger partial charge in [0.2, 0.25) is 0 Å². The highest BCUT2D eigenvalue weighted by molar-refractivity contribution is 9.10. The molecule has 4 heterocycles. The van der Waals surface area contributed by atoms with Crippen molar-refractivity contribution >= 4 is 43.2 Å². The first-order valence-electron chi connectivity index (χ1n) is 10.6. The van der Waals surface area contributed by atoms with Crippen LogP contribution in [-0.2, 0) is 14.8 Å². The molecule has 0 aromatic carbocycles. The lowest BCUT2D eigenvalue weighted by Gasteiger charge is -2.31. The van der Waals surface area contributed by atoms with E-state index in [9.17, 15) is 13.2 Å². The molecule has 0 aliphatic carbocycles. The van der Waals surface area contributed by atoms with Crippen LogP contribution >= 0.6 is 27.5 Å². The Kier molecular flexibility index (Phi) is 7.51. The van der Waals surface area contributed by atoms with Gasteiger partial charge in [0, 0.05) is 36.9 Å². The number of rotatable bonds is 6. The highest BCUT2D eigenvalue weighted by atomic mass is 79.9. The minimum absolute atomic E-state index is 0.0104. The summed E-state index contributed by atoms with van der Waals surface area (Å²) >= 11 is 9.60. The van der Waals surface area contributed by atoms with Crippen molar-refractivity contribution in [3.05, 3.63) is 44.4 Å². The predicted molar refractivity (Wildman–Crippen MR) is 125 cm³/mol. The van der Waals surface area contributed by atoms with Crippen LogP contribution in [0.15, 0.2) is 38.8 Å². The highest BCUT2D eigenvalue weighted by Crippen LogP contribution is 2.27. The van der Waals surface area contributed by atoms with Crippen molar-refractivity contribution in [1.29, 1.82) is 0 Å². The van der Waals surface area contributed by atoms with Crippen molar-refractivity contribution in [1.82, 2.24) is 19.1 Å². The second-order valence-corrected chi connectivity index (χ2v) is 11.2. The maximum atomic E-state index is 12.8. The van der Waals surface area contributed by atoms with Gasteiger partial charge in [-0.2, -0.15) is 9.40 Å². The smallest absolute Gasteiger partial charge is 0.287 e. The summed E-state index contributed by atoms with van der Waals surface area (Å²) in [5, 5.41) is 7.65. The third-order valence-corrected chi connectivity index (χ3v) is 8.50. The van der Waals surface area contributed by atoms with Gasteiger partial charge in [0.25, 0.3) is 15.6 Å².